The molecule has 0 bridgehead atoms. The van der Waals surface area contributed by atoms with Gasteiger partial charge in [-0.05, 0) is 65.2 Å². The summed E-state index contributed by atoms with van der Waals surface area (Å²) >= 11 is 6.12. The maximum atomic E-state index is 14.0. The van der Waals surface area contributed by atoms with Gasteiger partial charge in [0, 0.05) is 37.0 Å². The summed E-state index contributed by atoms with van der Waals surface area (Å²) in [6, 6.07) is 30.8. The van der Waals surface area contributed by atoms with Gasteiger partial charge >= 0.3 is 0 Å². The quantitative estimate of drug-likeness (QED) is 0.253. The number of benzene rings is 4. The van der Waals surface area contributed by atoms with Gasteiger partial charge in [0.25, 0.3) is 5.91 Å². The van der Waals surface area contributed by atoms with Crippen LogP contribution in [0.5, 0.6) is 5.75 Å². The van der Waals surface area contributed by atoms with E-state index in [0.717, 1.165) is 16.8 Å². The first-order chi connectivity index (χ1) is 18.8. The van der Waals surface area contributed by atoms with Gasteiger partial charge in [-0.3, -0.25) is 9.59 Å². The van der Waals surface area contributed by atoms with Crippen LogP contribution in [0.1, 0.15) is 22.7 Å². The summed E-state index contributed by atoms with van der Waals surface area (Å²) in [5.41, 5.74) is 4.07. The standard InChI is InChI=1S/C32H32ClN3O3/c1-35(2)28-17-15-27(16-18-28)34-32(38)31(25-11-19-29(39-3)20-12-25)36(22-24-9-13-26(33)14-10-24)30(37)21-23-7-5-4-6-8-23/h4-20,31H,21-22H2,1-3H3,(H,34,38). The monoisotopic (exact) mass is 541 g/mol. The van der Waals surface area contributed by atoms with Gasteiger partial charge in [-0.1, -0.05) is 66.2 Å². The number of nitrogens with zero attached hydrogens (tertiary/aromatic N) is 2. The molecule has 0 saturated carbocycles. The highest BCUT2D eigenvalue weighted by atomic mass is 35.5. The Labute approximate surface area is 234 Å². The number of methoxy groups -OCH3 is 1. The Kier molecular flexibility index (Phi) is 9.23. The van der Waals surface area contributed by atoms with E-state index in [1.807, 2.05) is 97.9 Å². The zero-order valence-corrected chi connectivity index (χ0v) is 23.1. The maximum Gasteiger partial charge on any atom is 0.251 e. The van der Waals surface area contributed by atoms with Crippen LogP contribution in [0.4, 0.5) is 11.4 Å². The van der Waals surface area contributed by atoms with Gasteiger partial charge in [-0.25, -0.2) is 0 Å². The van der Waals surface area contributed by atoms with Crippen molar-refractivity contribution < 1.29 is 14.3 Å². The Bertz CT molecular complexity index is 1370. The van der Waals surface area contributed by atoms with Crippen molar-refractivity contribution in [1.82, 2.24) is 4.90 Å². The molecule has 0 aromatic heterocycles. The van der Waals surface area contributed by atoms with E-state index in [4.69, 9.17) is 16.3 Å². The molecule has 0 spiro atoms. The van der Waals surface area contributed by atoms with E-state index in [1.54, 1.807) is 36.3 Å². The average molecular weight is 542 g/mol. The lowest BCUT2D eigenvalue weighted by atomic mass is 10.0. The van der Waals surface area contributed by atoms with E-state index >= 15 is 0 Å². The predicted molar refractivity (Wildman–Crippen MR) is 157 cm³/mol. The van der Waals surface area contributed by atoms with Crippen LogP contribution in [0.25, 0.3) is 0 Å². The van der Waals surface area contributed by atoms with Crippen LogP contribution in [-0.2, 0) is 22.6 Å². The average Bonchev–Trinajstić information content (AvgIpc) is 2.95. The smallest absolute Gasteiger partial charge is 0.251 e. The van der Waals surface area contributed by atoms with Crippen molar-refractivity contribution in [3.63, 3.8) is 0 Å². The van der Waals surface area contributed by atoms with Gasteiger partial charge in [0.2, 0.25) is 5.91 Å². The number of ether oxygens (including phenoxy) is 1. The first kappa shape index (κ1) is 27.7. The van der Waals surface area contributed by atoms with Crippen molar-refractivity contribution in [2.45, 2.75) is 19.0 Å². The summed E-state index contributed by atoms with van der Waals surface area (Å²) in [6.45, 7) is 0.229. The summed E-state index contributed by atoms with van der Waals surface area (Å²) in [5, 5.41) is 3.63. The number of hydrogen-bond donors (Lipinski definition) is 1. The lowest BCUT2D eigenvalue weighted by Gasteiger charge is -2.32. The van der Waals surface area contributed by atoms with Gasteiger partial charge < -0.3 is 19.9 Å². The van der Waals surface area contributed by atoms with Crippen LogP contribution in [0.3, 0.4) is 0 Å². The molecule has 4 aromatic carbocycles. The normalized spacial score (nSPS) is 11.4. The van der Waals surface area contributed by atoms with E-state index in [-0.39, 0.29) is 24.8 Å². The molecular weight excluding hydrogens is 510 g/mol. The Hall–Kier alpha value is -4.29. The molecule has 2 amide bonds. The minimum absolute atomic E-state index is 0.159. The number of hydrogen-bond acceptors (Lipinski definition) is 4. The van der Waals surface area contributed by atoms with Crippen molar-refractivity contribution in [3.05, 3.63) is 125 Å². The van der Waals surface area contributed by atoms with Crippen LogP contribution in [0, 0.1) is 0 Å². The second-order valence-corrected chi connectivity index (χ2v) is 9.85. The van der Waals surface area contributed by atoms with E-state index in [1.165, 1.54) is 0 Å². The second kappa shape index (κ2) is 13.0. The van der Waals surface area contributed by atoms with Crippen LogP contribution < -0.4 is 15.0 Å². The van der Waals surface area contributed by atoms with Crippen molar-refractivity contribution in [2.75, 3.05) is 31.4 Å². The van der Waals surface area contributed by atoms with Gasteiger partial charge in [-0.15, -0.1) is 0 Å². The summed E-state index contributed by atoms with van der Waals surface area (Å²) < 4.78 is 5.33. The highest BCUT2D eigenvalue weighted by molar-refractivity contribution is 6.30. The molecule has 200 valence electrons. The Morgan fingerprint density at radius 2 is 1.46 bits per heavy atom. The van der Waals surface area contributed by atoms with Crippen molar-refractivity contribution in [3.8, 4) is 5.75 Å². The van der Waals surface area contributed by atoms with Gasteiger partial charge in [0.15, 0.2) is 0 Å². The number of carbonyl (C=O) groups is 2. The summed E-state index contributed by atoms with van der Waals surface area (Å²) in [5.74, 6) is 0.181. The minimum atomic E-state index is -0.892. The third-order valence-corrected chi connectivity index (χ3v) is 6.68. The highest BCUT2D eigenvalue weighted by Gasteiger charge is 2.32. The minimum Gasteiger partial charge on any atom is -0.497 e. The molecule has 0 aliphatic heterocycles. The fraction of sp³-hybridized carbons (Fsp3) is 0.188. The number of anilines is 2. The number of amides is 2. The topological polar surface area (TPSA) is 61.9 Å². The van der Waals surface area contributed by atoms with Crippen LogP contribution >= 0.6 is 11.6 Å². The molecular formula is C32H32ClN3O3. The molecule has 1 N–H and O–H groups in total. The van der Waals surface area contributed by atoms with Gasteiger partial charge in [0.1, 0.15) is 11.8 Å². The molecule has 1 unspecified atom stereocenters. The van der Waals surface area contributed by atoms with Crippen LogP contribution in [0.15, 0.2) is 103 Å². The van der Waals surface area contributed by atoms with Crippen molar-refractivity contribution in [2.24, 2.45) is 0 Å². The number of halogens is 1. The molecule has 39 heavy (non-hydrogen) atoms. The van der Waals surface area contributed by atoms with E-state index < -0.39 is 6.04 Å². The second-order valence-electron chi connectivity index (χ2n) is 9.42. The van der Waals surface area contributed by atoms with Crippen LogP contribution in [-0.4, -0.2) is 37.9 Å². The fourth-order valence-electron chi connectivity index (χ4n) is 4.29. The van der Waals surface area contributed by atoms with E-state index in [9.17, 15) is 9.59 Å². The lowest BCUT2D eigenvalue weighted by Crippen LogP contribution is -2.41. The SMILES string of the molecule is COc1ccc(C(C(=O)Nc2ccc(N(C)C)cc2)N(Cc2ccc(Cl)cc2)C(=O)Cc2ccccc2)cc1. The van der Waals surface area contributed by atoms with Gasteiger partial charge in [0.05, 0.1) is 13.5 Å². The fourth-order valence-corrected chi connectivity index (χ4v) is 4.42. The number of nitrogens with one attached hydrogen (secondary N) is 1. The Balaban J connectivity index is 1.72. The van der Waals surface area contributed by atoms with Crippen LogP contribution in [0.2, 0.25) is 5.02 Å². The van der Waals surface area contributed by atoms with Gasteiger partial charge in [-0.2, -0.15) is 0 Å². The molecule has 0 heterocycles. The third-order valence-electron chi connectivity index (χ3n) is 6.43. The molecule has 7 heteroatoms. The summed E-state index contributed by atoms with van der Waals surface area (Å²) in [7, 11) is 5.51. The first-order valence-corrected chi connectivity index (χ1v) is 13.0. The molecule has 6 nitrogen and oxygen atoms in total. The van der Waals surface area contributed by atoms with Crippen molar-refractivity contribution in [1.29, 1.82) is 0 Å². The molecule has 0 saturated heterocycles. The lowest BCUT2D eigenvalue weighted by molar-refractivity contribution is -0.139. The molecule has 1 atom stereocenters. The zero-order chi connectivity index (χ0) is 27.8. The van der Waals surface area contributed by atoms with E-state index in [0.29, 0.717) is 22.0 Å². The largest absolute Gasteiger partial charge is 0.497 e. The van der Waals surface area contributed by atoms with Crippen molar-refractivity contribution >= 4 is 34.8 Å². The molecule has 0 fully saturated rings. The Morgan fingerprint density at radius 1 is 0.821 bits per heavy atom. The zero-order valence-electron chi connectivity index (χ0n) is 22.3. The highest BCUT2D eigenvalue weighted by Crippen LogP contribution is 2.28. The summed E-state index contributed by atoms with van der Waals surface area (Å²) in [6.07, 6.45) is 0.159. The molecule has 4 aromatic rings. The number of carbonyl (C=O) groups excluding carboxylic acids is 2. The third kappa shape index (κ3) is 7.39. The molecule has 0 radical (unpaired) electrons. The molecule has 0 aliphatic rings. The summed E-state index contributed by atoms with van der Waals surface area (Å²) in [4.78, 5) is 31.5. The molecule has 4 rings (SSSR count). The first-order valence-electron chi connectivity index (χ1n) is 12.6. The predicted octanol–water partition coefficient (Wildman–Crippen LogP) is 6.37. The van der Waals surface area contributed by atoms with E-state index in [2.05, 4.69) is 5.32 Å². The molecule has 0 aliphatic carbocycles. The number of rotatable bonds is 10. The Morgan fingerprint density at radius 3 is 2.05 bits per heavy atom. The maximum absolute atomic E-state index is 14.0.